The maximum atomic E-state index is 9.16. The number of fused-ring (bicyclic) bond motifs is 1. The molecule has 0 spiro atoms. The van der Waals surface area contributed by atoms with E-state index in [1.54, 1.807) is 6.20 Å². The lowest BCUT2D eigenvalue weighted by Crippen LogP contribution is -2.20. The van der Waals surface area contributed by atoms with Crippen LogP contribution in [0.2, 0.25) is 0 Å². The van der Waals surface area contributed by atoms with Gasteiger partial charge >= 0.3 is 0 Å². The molecule has 4 nitrogen and oxygen atoms in total. The van der Waals surface area contributed by atoms with Crippen LogP contribution in [-0.2, 0) is 0 Å². The normalized spacial score (nSPS) is 15.5. The molecule has 52 valence electrons. The zero-order chi connectivity index (χ0) is 6.97. The number of anilines is 1. The molecule has 1 aliphatic rings. The van der Waals surface area contributed by atoms with E-state index in [2.05, 4.69) is 10.2 Å². The van der Waals surface area contributed by atoms with E-state index in [0.29, 0.717) is 12.4 Å². The van der Waals surface area contributed by atoms with Crippen molar-refractivity contribution in [2.45, 2.75) is 0 Å². The van der Waals surface area contributed by atoms with Gasteiger partial charge in [-0.1, -0.05) is 12.2 Å². The zero-order valence-corrected chi connectivity index (χ0v) is 5.28. The minimum atomic E-state index is 0.523. The van der Waals surface area contributed by atoms with Crippen LogP contribution in [0, 0.1) is 0 Å². The van der Waals surface area contributed by atoms with Crippen molar-refractivity contribution >= 4 is 11.9 Å². The minimum absolute atomic E-state index is 0.523. The van der Waals surface area contributed by atoms with Crippen molar-refractivity contribution in [3.63, 3.8) is 0 Å². The fourth-order valence-corrected chi connectivity index (χ4v) is 0.988. The first kappa shape index (κ1) is 5.49. The molecule has 0 aliphatic carbocycles. The van der Waals surface area contributed by atoms with Crippen LogP contribution in [-0.4, -0.2) is 21.9 Å². The van der Waals surface area contributed by atoms with Crippen molar-refractivity contribution in [2.75, 3.05) is 11.6 Å². The van der Waals surface area contributed by atoms with E-state index in [1.165, 1.54) is 0 Å². The monoisotopic (exact) mass is 137 g/mol. The smallest absolute Gasteiger partial charge is 0.155 e. The van der Waals surface area contributed by atoms with Crippen LogP contribution in [0.25, 0.3) is 6.08 Å². The molecule has 0 bridgehead atoms. The Labute approximate surface area is 57.7 Å². The van der Waals surface area contributed by atoms with E-state index in [-0.39, 0.29) is 0 Å². The highest BCUT2D eigenvalue weighted by Crippen LogP contribution is 2.19. The van der Waals surface area contributed by atoms with Crippen molar-refractivity contribution in [3.05, 3.63) is 17.8 Å². The molecule has 1 aromatic heterocycles. The first-order chi connectivity index (χ1) is 4.88. The second-order valence-corrected chi connectivity index (χ2v) is 2.16. The minimum Gasteiger partial charge on any atom is -0.287 e. The quantitative estimate of drug-likeness (QED) is 0.551. The lowest BCUT2D eigenvalue weighted by molar-refractivity contribution is 0.262. The molecule has 1 aliphatic heterocycles. The molecule has 2 heterocycles. The third-order valence-corrected chi connectivity index (χ3v) is 1.48. The van der Waals surface area contributed by atoms with Crippen molar-refractivity contribution < 1.29 is 5.21 Å². The Hall–Kier alpha value is -1.29. The van der Waals surface area contributed by atoms with Crippen LogP contribution < -0.4 is 5.06 Å². The highest BCUT2D eigenvalue weighted by atomic mass is 16.5. The average molecular weight is 137 g/mol. The number of nitrogens with zero attached hydrogens (tertiary/aromatic N) is 2. The average Bonchev–Trinajstić information content (AvgIpc) is 2.36. The Morgan fingerprint density at radius 1 is 1.70 bits per heavy atom. The maximum absolute atomic E-state index is 9.16. The van der Waals surface area contributed by atoms with Gasteiger partial charge in [0.2, 0.25) is 0 Å². The summed E-state index contributed by atoms with van der Waals surface area (Å²) in [5.74, 6) is 0.669. The standard InChI is InChI=1S/C6H7N3O/c10-9-3-1-2-5-4-7-8-6(5)9/h1-2,4,10H,3H2,(H,7,8). The number of nitrogens with one attached hydrogen (secondary N) is 1. The molecule has 0 fully saturated rings. The van der Waals surface area contributed by atoms with E-state index < -0.39 is 0 Å². The molecule has 0 unspecified atom stereocenters. The molecular weight excluding hydrogens is 130 g/mol. The molecule has 0 amide bonds. The van der Waals surface area contributed by atoms with Gasteiger partial charge in [0.15, 0.2) is 5.82 Å². The van der Waals surface area contributed by atoms with Crippen LogP contribution in [0.5, 0.6) is 0 Å². The lowest BCUT2D eigenvalue weighted by atomic mass is 10.2. The molecule has 0 aromatic carbocycles. The largest absolute Gasteiger partial charge is 0.287 e. The van der Waals surface area contributed by atoms with Crippen molar-refractivity contribution in [1.29, 1.82) is 0 Å². The second kappa shape index (κ2) is 1.85. The summed E-state index contributed by atoms with van der Waals surface area (Å²) in [7, 11) is 0. The molecule has 0 radical (unpaired) electrons. The predicted molar refractivity (Wildman–Crippen MR) is 36.8 cm³/mol. The molecule has 2 rings (SSSR count). The molecule has 2 N–H and O–H groups in total. The third kappa shape index (κ3) is 0.625. The predicted octanol–water partition coefficient (Wildman–Crippen LogP) is 0.632. The summed E-state index contributed by atoms with van der Waals surface area (Å²) >= 11 is 0. The molecule has 4 heteroatoms. The summed E-state index contributed by atoms with van der Waals surface area (Å²) in [4.78, 5) is 0. The van der Waals surface area contributed by atoms with Gasteiger partial charge in [-0.25, -0.2) is 5.06 Å². The Morgan fingerprint density at radius 2 is 2.60 bits per heavy atom. The van der Waals surface area contributed by atoms with E-state index in [4.69, 9.17) is 5.21 Å². The van der Waals surface area contributed by atoms with Crippen LogP contribution in [0.3, 0.4) is 0 Å². The molecule has 0 saturated carbocycles. The van der Waals surface area contributed by atoms with Gasteiger partial charge in [-0.05, 0) is 0 Å². The Morgan fingerprint density at radius 3 is 3.40 bits per heavy atom. The molecule has 10 heavy (non-hydrogen) atoms. The van der Waals surface area contributed by atoms with E-state index in [1.807, 2.05) is 12.2 Å². The van der Waals surface area contributed by atoms with Crippen LogP contribution in [0.4, 0.5) is 5.82 Å². The van der Waals surface area contributed by atoms with Gasteiger partial charge in [-0.2, -0.15) is 5.10 Å². The molecule has 1 aromatic rings. The fraction of sp³-hybridized carbons (Fsp3) is 0.167. The lowest BCUT2D eigenvalue weighted by Gasteiger charge is -2.16. The summed E-state index contributed by atoms with van der Waals surface area (Å²) in [6.45, 7) is 0.523. The number of hydroxylamine groups is 1. The zero-order valence-electron chi connectivity index (χ0n) is 5.28. The van der Waals surface area contributed by atoms with Gasteiger partial charge in [-0.3, -0.25) is 10.3 Å². The van der Waals surface area contributed by atoms with Gasteiger partial charge in [0, 0.05) is 5.56 Å². The van der Waals surface area contributed by atoms with Crippen LogP contribution in [0.15, 0.2) is 12.3 Å². The van der Waals surface area contributed by atoms with Crippen molar-refractivity contribution in [3.8, 4) is 0 Å². The number of H-pyrrole nitrogens is 1. The SMILES string of the molecule is ON1CC=Cc2cn[nH]c21. The van der Waals surface area contributed by atoms with Gasteiger partial charge in [0.05, 0.1) is 12.7 Å². The molecule has 0 atom stereocenters. The van der Waals surface area contributed by atoms with Gasteiger partial charge in [0.25, 0.3) is 0 Å². The van der Waals surface area contributed by atoms with Gasteiger partial charge in [0.1, 0.15) is 0 Å². The number of hydrogen-bond donors (Lipinski definition) is 2. The summed E-state index contributed by atoms with van der Waals surface area (Å²) in [6.07, 6.45) is 5.47. The number of aromatic nitrogens is 2. The van der Waals surface area contributed by atoms with Crippen molar-refractivity contribution in [2.24, 2.45) is 0 Å². The summed E-state index contributed by atoms with van der Waals surface area (Å²) in [5.41, 5.74) is 0.925. The van der Waals surface area contributed by atoms with Crippen LogP contribution >= 0.6 is 0 Å². The Balaban J connectivity index is 2.52. The highest BCUT2D eigenvalue weighted by Gasteiger charge is 2.11. The Kier molecular flexibility index (Phi) is 1.01. The van der Waals surface area contributed by atoms with E-state index >= 15 is 0 Å². The second-order valence-electron chi connectivity index (χ2n) is 2.16. The summed E-state index contributed by atoms with van der Waals surface area (Å²) in [6, 6.07) is 0. The summed E-state index contributed by atoms with van der Waals surface area (Å²) < 4.78 is 0. The highest BCUT2D eigenvalue weighted by molar-refractivity contribution is 5.65. The van der Waals surface area contributed by atoms with Gasteiger partial charge in [-0.15, -0.1) is 0 Å². The van der Waals surface area contributed by atoms with Gasteiger partial charge < -0.3 is 0 Å². The summed E-state index contributed by atoms with van der Waals surface area (Å²) in [5, 5.41) is 16.7. The number of aromatic amines is 1. The first-order valence-corrected chi connectivity index (χ1v) is 3.04. The first-order valence-electron chi connectivity index (χ1n) is 3.04. The molecule has 0 saturated heterocycles. The third-order valence-electron chi connectivity index (χ3n) is 1.48. The van der Waals surface area contributed by atoms with E-state index in [9.17, 15) is 0 Å². The maximum Gasteiger partial charge on any atom is 0.155 e. The van der Waals surface area contributed by atoms with Crippen molar-refractivity contribution in [1.82, 2.24) is 10.2 Å². The Bertz CT molecular complexity index is 266. The van der Waals surface area contributed by atoms with Crippen LogP contribution in [0.1, 0.15) is 5.56 Å². The number of rotatable bonds is 0. The van der Waals surface area contributed by atoms with E-state index in [0.717, 1.165) is 10.6 Å². The topological polar surface area (TPSA) is 52.1 Å². The fourth-order valence-electron chi connectivity index (χ4n) is 0.988. The molecular formula is C6H7N3O. The number of hydrogen-bond acceptors (Lipinski definition) is 3.